The minimum atomic E-state index is -0.656. The van der Waals surface area contributed by atoms with Gasteiger partial charge in [-0.3, -0.25) is 9.78 Å². The maximum Gasteiger partial charge on any atom is 0.255 e. The molecule has 1 aliphatic rings. The lowest BCUT2D eigenvalue weighted by Gasteiger charge is -2.29. The molecule has 0 spiro atoms. The van der Waals surface area contributed by atoms with Crippen molar-refractivity contribution in [2.45, 2.75) is 13.0 Å². The molecule has 0 saturated carbocycles. The van der Waals surface area contributed by atoms with Gasteiger partial charge in [-0.15, -0.1) is 5.10 Å². The van der Waals surface area contributed by atoms with E-state index >= 15 is 0 Å². The Hall–Kier alpha value is -4.37. The number of benzene rings is 2. The molecular formula is C26H23ClN6O3. The Morgan fingerprint density at radius 2 is 1.92 bits per heavy atom. The molecule has 182 valence electrons. The topological polar surface area (TPSA) is 103 Å². The monoisotopic (exact) mass is 502 g/mol. The molecule has 5 rings (SSSR count). The van der Waals surface area contributed by atoms with Crippen LogP contribution >= 0.6 is 11.6 Å². The first-order valence-electron chi connectivity index (χ1n) is 11.1. The second-order valence-corrected chi connectivity index (χ2v) is 8.52. The molecule has 0 fully saturated rings. The third-order valence-electron chi connectivity index (χ3n) is 5.85. The fourth-order valence-electron chi connectivity index (χ4n) is 4.14. The number of aromatic nitrogens is 4. The number of nitrogens with one attached hydrogen (secondary N) is 2. The number of hydrogen-bond acceptors (Lipinski definition) is 7. The van der Waals surface area contributed by atoms with E-state index in [2.05, 4.69) is 15.6 Å². The van der Waals surface area contributed by atoms with Gasteiger partial charge in [0.15, 0.2) is 5.82 Å². The summed E-state index contributed by atoms with van der Waals surface area (Å²) in [5, 5.41) is 11.6. The van der Waals surface area contributed by atoms with E-state index in [1.165, 1.54) is 0 Å². The van der Waals surface area contributed by atoms with Gasteiger partial charge in [-0.05, 0) is 61.5 Å². The number of carbonyl (C=O) groups is 1. The van der Waals surface area contributed by atoms with Gasteiger partial charge in [-0.25, -0.2) is 4.68 Å². The number of nitrogens with zero attached hydrogens (tertiary/aromatic N) is 4. The third-order valence-corrected chi connectivity index (χ3v) is 6.10. The number of hydrogen-bond donors (Lipinski definition) is 2. The summed E-state index contributed by atoms with van der Waals surface area (Å²) >= 11 is 6.07. The van der Waals surface area contributed by atoms with Gasteiger partial charge >= 0.3 is 0 Å². The Kier molecular flexibility index (Phi) is 6.30. The smallest absolute Gasteiger partial charge is 0.255 e. The maximum absolute atomic E-state index is 13.7. The zero-order chi connectivity index (χ0) is 25.2. The minimum Gasteiger partial charge on any atom is -0.497 e. The standard InChI is InChI=1S/C26H23ClN6O3/c1-15-22(25(34)30-18-5-4-12-28-14-18)23(20-13-19(35-2)10-11-21(20)36-3)33-26(29-15)31-24(32-33)16-6-8-17(27)9-7-16/h4-14,23H,1-3H3,(H,30,34)(H,29,31,32). The number of halogens is 1. The number of anilines is 2. The van der Waals surface area contributed by atoms with Crippen molar-refractivity contribution in [3.05, 3.63) is 88.8 Å². The largest absolute Gasteiger partial charge is 0.497 e. The van der Waals surface area contributed by atoms with Crippen LogP contribution in [0.15, 0.2) is 78.3 Å². The quantitative estimate of drug-likeness (QED) is 0.385. The molecule has 4 aromatic rings. The van der Waals surface area contributed by atoms with Gasteiger partial charge in [0, 0.05) is 28.0 Å². The van der Waals surface area contributed by atoms with Gasteiger partial charge in [0.1, 0.15) is 17.5 Å². The lowest BCUT2D eigenvalue weighted by atomic mass is 9.94. The zero-order valence-corrected chi connectivity index (χ0v) is 20.6. The van der Waals surface area contributed by atoms with Gasteiger partial charge < -0.3 is 20.1 Å². The van der Waals surface area contributed by atoms with Crippen molar-refractivity contribution in [2.24, 2.45) is 0 Å². The SMILES string of the molecule is COc1ccc(OC)c(C2C(C(=O)Nc3cccnc3)=C(C)Nc3nc(-c4ccc(Cl)cc4)nn32)c1. The Labute approximate surface area is 212 Å². The molecule has 9 nitrogen and oxygen atoms in total. The fraction of sp³-hybridized carbons (Fsp3) is 0.154. The Balaban J connectivity index is 1.66. The number of allylic oxidation sites excluding steroid dienone is 1. The van der Waals surface area contributed by atoms with Crippen LogP contribution in [0.3, 0.4) is 0 Å². The zero-order valence-electron chi connectivity index (χ0n) is 19.8. The molecule has 3 heterocycles. The van der Waals surface area contributed by atoms with Gasteiger partial charge in [-0.1, -0.05) is 11.6 Å². The molecule has 2 N–H and O–H groups in total. The summed E-state index contributed by atoms with van der Waals surface area (Å²) in [7, 11) is 3.17. The van der Waals surface area contributed by atoms with Crippen LogP contribution in [0.1, 0.15) is 18.5 Å². The molecule has 36 heavy (non-hydrogen) atoms. The van der Waals surface area contributed by atoms with Crippen LogP contribution in [-0.2, 0) is 4.79 Å². The molecule has 0 aliphatic carbocycles. The van der Waals surface area contributed by atoms with Gasteiger partial charge in [0.2, 0.25) is 5.95 Å². The molecule has 1 unspecified atom stereocenters. The summed E-state index contributed by atoms with van der Waals surface area (Å²) in [5.41, 5.74) is 3.14. The van der Waals surface area contributed by atoms with E-state index in [1.54, 1.807) is 67.7 Å². The molecule has 1 aliphatic heterocycles. The van der Waals surface area contributed by atoms with E-state index in [4.69, 9.17) is 31.2 Å². The number of carbonyl (C=O) groups excluding carboxylic acids is 1. The Bertz CT molecular complexity index is 1450. The van der Waals surface area contributed by atoms with Gasteiger partial charge in [-0.2, -0.15) is 4.98 Å². The Morgan fingerprint density at radius 3 is 2.61 bits per heavy atom. The Morgan fingerprint density at radius 1 is 1.11 bits per heavy atom. The van der Waals surface area contributed by atoms with Gasteiger partial charge in [0.05, 0.1) is 31.7 Å². The number of methoxy groups -OCH3 is 2. The molecule has 0 saturated heterocycles. The predicted octanol–water partition coefficient (Wildman–Crippen LogP) is 4.94. The summed E-state index contributed by atoms with van der Waals surface area (Å²) in [4.78, 5) is 22.4. The molecular weight excluding hydrogens is 480 g/mol. The van der Waals surface area contributed by atoms with E-state index in [0.717, 1.165) is 5.56 Å². The highest BCUT2D eigenvalue weighted by Gasteiger charge is 2.36. The summed E-state index contributed by atoms with van der Waals surface area (Å²) in [6.45, 7) is 1.83. The number of rotatable bonds is 6. The number of fused-ring (bicyclic) bond motifs is 1. The maximum atomic E-state index is 13.7. The molecule has 10 heteroatoms. The van der Waals surface area contributed by atoms with Gasteiger partial charge in [0.25, 0.3) is 5.91 Å². The molecule has 2 aromatic carbocycles. The number of amides is 1. The van der Waals surface area contributed by atoms with Crippen molar-refractivity contribution >= 4 is 29.1 Å². The lowest BCUT2D eigenvalue weighted by Crippen LogP contribution is -2.31. The molecule has 0 bridgehead atoms. The van der Waals surface area contributed by atoms with E-state index in [1.807, 2.05) is 25.1 Å². The van der Waals surface area contributed by atoms with E-state index in [9.17, 15) is 4.79 Å². The first-order chi connectivity index (χ1) is 17.5. The summed E-state index contributed by atoms with van der Waals surface area (Å²) in [6.07, 6.45) is 3.23. The van der Waals surface area contributed by atoms with Crippen LogP contribution in [0.4, 0.5) is 11.6 Å². The molecule has 2 aromatic heterocycles. The van der Waals surface area contributed by atoms with Crippen molar-refractivity contribution in [3.8, 4) is 22.9 Å². The second kappa shape index (κ2) is 9.71. The fourth-order valence-corrected chi connectivity index (χ4v) is 4.27. The molecule has 1 atom stereocenters. The third kappa shape index (κ3) is 4.36. The average Bonchev–Trinajstić information content (AvgIpc) is 3.32. The normalized spacial score (nSPS) is 14.6. The van der Waals surface area contributed by atoms with Crippen LogP contribution in [0.5, 0.6) is 11.5 Å². The van der Waals surface area contributed by atoms with Crippen LogP contribution in [0.25, 0.3) is 11.4 Å². The van der Waals surface area contributed by atoms with E-state index in [-0.39, 0.29) is 5.91 Å². The van der Waals surface area contributed by atoms with Crippen LogP contribution in [0, 0.1) is 0 Å². The molecule has 1 amide bonds. The summed E-state index contributed by atoms with van der Waals surface area (Å²) < 4.78 is 12.9. The highest BCUT2D eigenvalue weighted by molar-refractivity contribution is 6.30. The number of ether oxygens (including phenoxy) is 2. The van der Waals surface area contributed by atoms with E-state index < -0.39 is 6.04 Å². The second-order valence-electron chi connectivity index (χ2n) is 8.08. The highest BCUT2D eigenvalue weighted by Crippen LogP contribution is 2.41. The first kappa shape index (κ1) is 23.4. The molecule has 0 radical (unpaired) electrons. The van der Waals surface area contributed by atoms with Crippen LogP contribution < -0.4 is 20.1 Å². The lowest BCUT2D eigenvalue weighted by molar-refractivity contribution is -0.113. The van der Waals surface area contributed by atoms with Crippen molar-refractivity contribution in [2.75, 3.05) is 24.9 Å². The number of pyridine rings is 1. The van der Waals surface area contributed by atoms with Crippen LogP contribution in [-0.4, -0.2) is 39.9 Å². The van der Waals surface area contributed by atoms with E-state index in [0.29, 0.717) is 50.8 Å². The first-order valence-corrected chi connectivity index (χ1v) is 11.5. The van der Waals surface area contributed by atoms with Crippen molar-refractivity contribution in [1.29, 1.82) is 0 Å². The summed E-state index contributed by atoms with van der Waals surface area (Å²) in [5.74, 6) is 1.87. The van der Waals surface area contributed by atoms with Crippen molar-refractivity contribution in [3.63, 3.8) is 0 Å². The average molecular weight is 503 g/mol. The summed E-state index contributed by atoms with van der Waals surface area (Å²) in [6, 6.07) is 15.6. The van der Waals surface area contributed by atoms with Crippen LogP contribution in [0.2, 0.25) is 5.02 Å². The highest BCUT2D eigenvalue weighted by atomic mass is 35.5. The predicted molar refractivity (Wildman–Crippen MR) is 137 cm³/mol. The van der Waals surface area contributed by atoms with Crippen molar-refractivity contribution < 1.29 is 14.3 Å². The minimum absolute atomic E-state index is 0.308. The van der Waals surface area contributed by atoms with Crippen molar-refractivity contribution in [1.82, 2.24) is 19.7 Å².